The molecule has 2 aliphatic rings. The van der Waals surface area contributed by atoms with E-state index in [2.05, 4.69) is 45.7 Å². The Morgan fingerprint density at radius 2 is 1.56 bits per heavy atom. The molecule has 0 aromatic heterocycles. The number of halogens is 2. The molecule has 0 aliphatic heterocycles. The van der Waals surface area contributed by atoms with Crippen LogP contribution in [0.2, 0.25) is 0 Å². The van der Waals surface area contributed by atoms with Gasteiger partial charge in [0.2, 0.25) is 0 Å². The first-order valence-corrected chi connectivity index (χ1v) is 9.85. The third-order valence-corrected chi connectivity index (χ3v) is 8.21. The maximum Gasteiger partial charge on any atom is 0.0273 e. The molecular weight excluding hydrogens is 352 g/mol. The largest absolute Gasteiger partial charge is 0.0916 e. The van der Waals surface area contributed by atoms with Gasteiger partial charge in [-0.05, 0) is 55.3 Å². The van der Waals surface area contributed by atoms with E-state index < -0.39 is 0 Å². The van der Waals surface area contributed by atoms with Crippen LogP contribution in [0.3, 0.4) is 0 Å². The van der Waals surface area contributed by atoms with Crippen LogP contribution in [0.5, 0.6) is 0 Å². The Morgan fingerprint density at radius 3 is 2.17 bits per heavy atom. The van der Waals surface area contributed by atoms with Gasteiger partial charge in [-0.15, -0.1) is 0 Å². The van der Waals surface area contributed by atoms with Crippen LogP contribution in [0.25, 0.3) is 0 Å². The second-order valence-corrected chi connectivity index (χ2v) is 8.73. The van der Waals surface area contributed by atoms with Crippen molar-refractivity contribution >= 4 is 31.9 Å². The fraction of sp³-hybridized carbons (Fsp3) is 1.00. The fourth-order valence-electron chi connectivity index (χ4n) is 4.19. The van der Waals surface area contributed by atoms with Gasteiger partial charge in [-0.25, -0.2) is 0 Å². The third-order valence-electron chi connectivity index (χ3n) is 5.64. The normalized spacial score (nSPS) is 43.7. The highest BCUT2D eigenvalue weighted by Gasteiger charge is 2.36. The minimum absolute atomic E-state index is 0.679. The molecule has 0 saturated heterocycles. The first kappa shape index (κ1) is 15.4. The van der Waals surface area contributed by atoms with E-state index in [4.69, 9.17) is 0 Å². The Balaban J connectivity index is 1.90. The summed E-state index contributed by atoms with van der Waals surface area (Å²) in [4.78, 5) is 0.679. The molecule has 4 atom stereocenters. The second kappa shape index (κ2) is 7.11. The van der Waals surface area contributed by atoms with E-state index in [0.29, 0.717) is 4.83 Å². The maximum absolute atomic E-state index is 3.89. The van der Waals surface area contributed by atoms with Crippen molar-refractivity contribution in [3.05, 3.63) is 0 Å². The highest BCUT2D eigenvalue weighted by atomic mass is 79.9. The Labute approximate surface area is 130 Å². The lowest BCUT2D eigenvalue weighted by atomic mass is 9.66. The second-order valence-electron chi connectivity index (χ2n) is 6.90. The third kappa shape index (κ3) is 3.75. The Bertz CT molecular complexity index is 241. The molecule has 0 aromatic rings. The highest BCUT2D eigenvalue weighted by Crippen LogP contribution is 2.45. The average molecular weight is 380 g/mol. The molecule has 0 nitrogen and oxygen atoms in total. The lowest BCUT2D eigenvalue weighted by Gasteiger charge is -2.42. The zero-order chi connectivity index (χ0) is 13.1. The smallest absolute Gasteiger partial charge is 0.0273 e. The quantitative estimate of drug-likeness (QED) is 0.525. The molecule has 4 unspecified atom stereocenters. The maximum atomic E-state index is 3.89. The van der Waals surface area contributed by atoms with E-state index in [-0.39, 0.29) is 0 Å². The van der Waals surface area contributed by atoms with E-state index in [1.54, 1.807) is 0 Å². The van der Waals surface area contributed by atoms with Crippen molar-refractivity contribution in [2.75, 3.05) is 5.33 Å². The molecule has 2 saturated carbocycles. The van der Waals surface area contributed by atoms with Gasteiger partial charge in [-0.2, -0.15) is 0 Å². The molecule has 0 amide bonds. The van der Waals surface area contributed by atoms with Gasteiger partial charge in [0, 0.05) is 10.2 Å². The average Bonchev–Trinajstić information content (AvgIpc) is 2.39. The number of hydrogen-bond donors (Lipinski definition) is 0. The lowest BCUT2D eigenvalue weighted by molar-refractivity contribution is 0.114. The summed E-state index contributed by atoms with van der Waals surface area (Å²) in [6, 6.07) is 0. The van der Waals surface area contributed by atoms with Crippen molar-refractivity contribution in [3.8, 4) is 0 Å². The van der Waals surface area contributed by atoms with Crippen LogP contribution in [0, 0.1) is 29.6 Å². The first-order valence-electron chi connectivity index (χ1n) is 7.81. The summed E-state index contributed by atoms with van der Waals surface area (Å²) in [5.41, 5.74) is 0. The van der Waals surface area contributed by atoms with E-state index in [0.717, 1.165) is 34.9 Å². The van der Waals surface area contributed by atoms with Gasteiger partial charge in [-0.1, -0.05) is 65.0 Å². The molecule has 2 heteroatoms. The minimum Gasteiger partial charge on any atom is -0.0916 e. The molecule has 0 radical (unpaired) electrons. The molecule has 106 valence electrons. The number of hydrogen-bond acceptors (Lipinski definition) is 0. The standard InChI is InChI=1S/C16H28Br2/c1-11-3-6-13(7-4-11)14-8-5-12(2)15(9-14)16(18)10-17/h11-16H,3-10H2,1-2H3. The number of alkyl halides is 2. The lowest BCUT2D eigenvalue weighted by Crippen LogP contribution is -2.34. The van der Waals surface area contributed by atoms with Crippen molar-refractivity contribution in [2.24, 2.45) is 29.6 Å². The van der Waals surface area contributed by atoms with Crippen LogP contribution in [-0.2, 0) is 0 Å². The van der Waals surface area contributed by atoms with Gasteiger partial charge in [0.1, 0.15) is 0 Å². The van der Waals surface area contributed by atoms with Gasteiger partial charge >= 0.3 is 0 Å². The van der Waals surface area contributed by atoms with Gasteiger partial charge in [0.25, 0.3) is 0 Å². The van der Waals surface area contributed by atoms with E-state index in [1.165, 1.54) is 44.9 Å². The highest BCUT2D eigenvalue weighted by molar-refractivity contribution is 9.12. The summed E-state index contributed by atoms with van der Waals surface area (Å²) < 4.78 is 0. The SMILES string of the molecule is CC1CCC(C2CCC(C)C(C(Br)CBr)C2)CC1. The minimum atomic E-state index is 0.679. The molecule has 0 bridgehead atoms. The molecule has 18 heavy (non-hydrogen) atoms. The fourth-order valence-corrected chi connectivity index (χ4v) is 5.41. The van der Waals surface area contributed by atoms with E-state index >= 15 is 0 Å². The summed E-state index contributed by atoms with van der Waals surface area (Å²) in [5.74, 6) is 4.86. The molecule has 0 spiro atoms. The summed E-state index contributed by atoms with van der Waals surface area (Å²) in [6.45, 7) is 4.89. The summed E-state index contributed by atoms with van der Waals surface area (Å²) in [7, 11) is 0. The van der Waals surface area contributed by atoms with Crippen molar-refractivity contribution in [1.29, 1.82) is 0 Å². The predicted molar refractivity (Wildman–Crippen MR) is 87.6 cm³/mol. The van der Waals surface area contributed by atoms with Crippen LogP contribution in [-0.4, -0.2) is 10.2 Å². The van der Waals surface area contributed by atoms with Crippen LogP contribution < -0.4 is 0 Å². The first-order chi connectivity index (χ1) is 8.61. The van der Waals surface area contributed by atoms with Crippen molar-refractivity contribution in [2.45, 2.75) is 63.6 Å². The molecule has 2 fully saturated rings. The van der Waals surface area contributed by atoms with Gasteiger partial charge in [-0.3, -0.25) is 0 Å². The van der Waals surface area contributed by atoms with E-state index in [9.17, 15) is 0 Å². The molecule has 0 N–H and O–H groups in total. The van der Waals surface area contributed by atoms with Gasteiger partial charge in [0.15, 0.2) is 0 Å². The number of rotatable bonds is 3. The van der Waals surface area contributed by atoms with Gasteiger partial charge in [0.05, 0.1) is 0 Å². The topological polar surface area (TPSA) is 0 Å². The van der Waals surface area contributed by atoms with Crippen LogP contribution in [0.4, 0.5) is 0 Å². The Hall–Kier alpha value is 0.960. The molecule has 0 aromatic carbocycles. The summed E-state index contributed by atoms with van der Waals surface area (Å²) in [5, 5.41) is 1.11. The van der Waals surface area contributed by atoms with Crippen molar-refractivity contribution < 1.29 is 0 Å². The molecule has 2 aliphatic carbocycles. The molecule has 2 rings (SSSR count). The van der Waals surface area contributed by atoms with Crippen LogP contribution in [0.15, 0.2) is 0 Å². The summed E-state index contributed by atoms with van der Waals surface area (Å²) >= 11 is 7.55. The molecule has 0 heterocycles. The zero-order valence-electron chi connectivity index (χ0n) is 11.9. The van der Waals surface area contributed by atoms with E-state index in [1.807, 2.05) is 0 Å². The van der Waals surface area contributed by atoms with Crippen LogP contribution in [0.1, 0.15) is 58.8 Å². The summed E-state index contributed by atoms with van der Waals surface area (Å²) in [6.07, 6.45) is 10.4. The van der Waals surface area contributed by atoms with Gasteiger partial charge < -0.3 is 0 Å². The van der Waals surface area contributed by atoms with Crippen molar-refractivity contribution in [1.82, 2.24) is 0 Å². The predicted octanol–water partition coefficient (Wildman–Crippen LogP) is 6.02. The molecular formula is C16H28Br2. The Kier molecular flexibility index (Phi) is 6.06. The van der Waals surface area contributed by atoms with Crippen molar-refractivity contribution in [3.63, 3.8) is 0 Å². The Morgan fingerprint density at radius 1 is 0.944 bits per heavy atom. The zero-order valence-corrected chi connectivity index (χ0v) is 15.0. The van der Waals surface area contributed by atoms with Crippen LogP contribution >= 0.6 is 31.9 Å². The monoisotopic (exact) mass is 378 g/mol.